The molecule has 2 aliphatic heterocycles. The van der Waals surface area contributed by atoms with E-state index in [1.807, 2.05) is 35.2 Å². The Morgan fingerprint density at radius 1 is 1.21 bits per heavy atom. The zero-order chi connectivity index (χ0) is 19.7. The van der Waals surface area contributed by atoms with Crippen LogP contribution in [-0.4, -0.2) is 54.2 Å². The Hall–Kier alpha value is -2.47. The third kappa shape index (κ3) is 4.02. The monoisotopic (exact) mass is 401 g/mol. The van der Waals surface area contributed by atoms with Gasteiger partial charge in [0.2, 0.25) is 0 Å². The zero-order valence-electron chi connectivity index (χ0n) is 16.2. The fraction of sp³-hybridized carbons (Fsp3) is 0.429. The number of anilines is 1. The highest BCUT2D eigenvalue weighted by Gasteiger charge is 2.32. The van der Waals surface area contributed by atoms with Crippen LogP contribution in [0, 0.1) is 0 Å². The highest BCUT2D eigenvalue weighted by molar-refractivity contribution is 6.30. The molecule has 2 aromatic rings. The van der Waals surface area contributed by atoms with Crippen molar-refractivity contribution in [3.05, 3.63) is 47.1 Å². The average molecular weight is 402 g/mol. The van der Waals surface area contributed by atoms with Crippen LogP contribution in [0.2, 0.25) is 5.02 Å². The molecule has 3 heterocycles. The summed E-state index contributed by atoms with van der Waals surface area (Å²) < 4.78 is 11.8. The first-order chi connectivity index (χ1) is 13.4. The molecule has 0 bridgehead atoms. The highest BCUT2D eigenvalue weighted by Crippen LogP contribution is 2.41. The van der Waals surface area contributed by atoms with Crippen molar-refractivity contribution in [1.29, 1.82) is 0 Å². The summed E-state index contributed by atoms with van der Waals surface area (Å²) in [5, 5.41) is 0.620. The summed E-state index contributed by atoms with van der Waals surface area (Å²) in [4.78, 5) is 20.9. The summed E-state index contributed by atoms with van der Waals surface area (Å²) >= 11 is 5.89. The smallest absolute Gasteiger partial charge is 0.260 e. The van der Waals surface area contributed by atoms with Gasteiger partial charge in [0, 0.05) is 44.4 Å². The zero-order valence-corrected chi connectivity index (χ0v) is 16.9. The van der Waals surface area contributed by atoms with Crippen LogP contribution in [0.15, 0.2) is 36.5 Å². The molecule has 1 amide bonds. The van der Waals surface area contributed by atoms with E-state index in [4.69, 9.17) is 21.1 Å². The number of amides is 1. The first kappa shape index (κ1) is 18.9. The van der Waals surface area contributed by atoms with Crippen LogP contribution in [0.5, 0.6) is 11.5 Å². The number of ether oxygens (including phenoxy) is 2. The molecule has 2 aliphatic rings. The second kappa shape index (κ2) is 7.51. The van der Waals surface area contributed by atoms with Gasteiger partial charge in [0.25, 0.3) is 5.91 Å². The summed E-state index contributed by atoms with van der Waals surface area (Å²) in [6, 6.07) is 9.58. The maximum Gasteiger partial charge on any atom is 0.260 e. The number of hydrogen-bond donors (Lipinski definition) is 0. The maximum absolute atomic E-state index is 12.6. The van der Waals surface area contributed by atoms with Gasteiger partial charge in [-0.15, -0.1) is 0 Å². The van der Waals surface area contributed by atoms with Gasteiger partial charge in [-0.3, -0.25) is 4.79 Å². The lowest BCUT2D eigenvalue weighted by Gasteiger charge is -2.35. The molecule has 4 rings (SSSR count). The lowest BCUT2D eigenvalue weighted by Crippen LogP contribution is -2.50. The van der Waals surface area contributed by atoms with Crippen LogP contribution in [-0.2, 0) is 11.2 Å². The summed E-state index contributed by atoms with van der Waals surface area (Å²) in [5.41, 5.74) is 0.886. The molecule has 0 atom stereocenters. The second-order valence-corrected chi connectivity index (χ2v) is 8.21. The minimum Gasteiger partial charge on any atom is -0.483 e. The molecule has 1 aromatic carbocycles. The number of rotatable bonds is 4. The standard InChI is InChI=1S/C21H24ClN3O3/c1-21(2)12-15-4-3-5-17(20(15)28-21)27-14-19(26)25-10-8-24(9-11-25)18-7-6-16(22)13-23-18/h3-7,13H,8-12,14H2,1-2H3. The average Bonchev–Trinajstić information content (AvgIpc) is 3.01. The fourth-order valence-corrected chi connectivity index (χ4v) is 3.78. The van der Waals surface area contributed by atoms with Gasteiger partial charge in [0.1, 0.15) is 11.4 Å². The van der Waals surface area contributed by atoms with Crippen LogP contribution in [0.4, 0.5) is 5.82 Å². The summed E-state index contributed by atoms with van der Waals surface area (Å²) in [5.74, 6) is 2.27. The van der Waals surface area contributed by atoms with Crippen LogP contribution >= 0.6 is 11.6 Å². The van der Waals surface area contributed by atoms with Crippen molar-refractivity contribution in [1.82, 2.24) is 9.88 Å². The topological polar surface area (TPSA) is 54.9 Å². The molecule has 0 aliphatic carbocycles. The molecule has 0 N–H and O–H groups in total. The third-order valence-electron chi connectivity index (χ3n) is 5.07. The summed E-state index contributed by atoms with van der Waals surface area (Å²) in [6.45, 7) is 6.87. The van der Waals surface area contributed by atoms with E-state index in [1.165, 1.54) is 0 Å². The van der Waals surface area contributed by atoms with Gasteiger partial charge in [0.15, 0.2) is 18.1 Å². The van der Waals surface area contributed by atoms with E-state index in [9.17, 15) is 4.79 Å². The van der Waals surface area contributed by atoms with Gasteiger partial charge in [-0.1, -0.05) is 23.7 Å². The molecule has 0 radical (unpaired) electrons. The number of para-hydroxylation sites is 1. The maximum atomic E-state index is 12.6. The largest absolute Gasteiger partial charge is 0.483 e. The van der Waals surface area contributed by atoms with E-state index in [1.54, 1.807) is 6.20 Å². The number of halogens is 1. The number of hydrogen-bond acceptors (Lipinski definition) is 5. The van der Waals surface area contributed by atoms with E-state index in [0.717, 1.165) is 36.6 Å². The number of aromatic nitrogens is 1. The van der Waals surface area contributed by atoms with Crippen molar-refractivity contribution in [2.45, 2.75) is 25.9 Å². The number of benzene rings is 1. The quantitative estimate of drug-likeness (QED) is 0.787. The molecule has 0 saturated carbocycles. The molecule has 0 unspecified atom stereocenters. The number of carbonyl (C=O) groups is 1. The Morgan fingerprint density at radius 3 is 2.71 bits per heavy atom. The van der Waals surface area contributed by atoms with Gasteiger partial charge in [-0.05, 0) is 32.0 Å². The van der Waals surface area contributed by atoms with Crippen LogP contribution < -0.4 is 14.4 Å². The SMILES string of the molecule is CC1(C)Cc2cccc(OCC(=O)N3CCN(c4ccc(Cl)cn4)CC3)c2O1. The molecule has 7 heteroatoms. The van der Waals surface area contributed by atoms with Crippen molar-refractivity contribution >= 4 is 23.3 Å². The highest BCUT2D eigenvalue weighted by atomic mass is 35.5. The second-order valence-electron chi connectivity index (χ2n) is 7.77. The van der Waals surface area contributed by atoms with Gasteiger partial charge >= 0.3 is 0 Å². The summed E-state index contributed by atoms with van der Waals surface area (Å²) in [7, 11) is 0. The molecular weight excluding hydrogens is 378 g/mol. The Balaban J connectivity index is 1.31. The fourth-order valence-electron chi connectivity index (χ4n) is 3.67. The van der Waals surface area contributed by atoms with E-state index in [-0.39, 0.29) is 18.1 Å². The van der Waals surface area contributed by atoms with E-state index >= 15 is 0 Å². The molecule has 28 heavy (non-hydrogen) atoms. The van der Waals surface area contributed by atoms with Crippen LogP contribution in [0.3, 0.4) is 0 Å². The predicted molar refractivity (Wildman–Crippen MR) is 108 cm³/mol. The minimum atomic E-state index is -0.238. The van der Waals surface area contributed by atoms with Gasteiger partial charge in [-0.2, -0.15) is 0 Å². The van der Waals surface area contributed by atoms with Crippen LogP contribution in [0.25, 0.3) is 0 Å². The van der Waals surface area contributed by atoms with E-state index < -0.39 is 0 Å². The number of piperazine rings is 1. The Bertz CT molecular complexity index is 862. The van der Waals surface area contributed by atoms with Crippen molar-refractivity contribution in [3.63, 3.8) is 0 Å². The molecule has 1 saturated heterocycles. The lowest BCUT2D eigenvalue weighted by molar-refractivity contribution is -0.133. The predicted octanol–water partition coefficient (Wildman–Crippen LogP) is 3.18. The molecule has 1 aromatic heterocycles. The Labute approximate surface area is 170 Å². The molecule has 1 fully saturated rings. The van der Waals surface area contributed by atoms with Gasteiger partial charge in [-0.25, -0.2) is 4.98 Å². The first-order valence-electron chi connectivity index (χ1n) is 9.49. The van der Waals surface area contributed by atoms with Crippen molar-refractivity contribution in [3.8, 4) is 11.5 Å². The Morgan fingerprint density at radius 2 is 2.00 bits per heavy atom. The van der Waals surface area contributed by atoms with Crippen LogP contribution in [0.1, 0.15) is 19.4 Å². The first-order valence-corrected chi connectivity index (χ1v) is 9.87. The Kier molecular flexibility index (Phi) is 5.06. The molecule has 6 nitrogen and oxygen atoms in total. The number of pyridine rings is 1. The van der Waals surface area contributed by atoms with Crippen molar-refractivity contribution < 1.29 is 14.3 Å². The number of nitrogens with zero attached hydrogens (tertiary/aromatic N) is 3. The third-order valence-corrected chi connectivity index (χ3v) is 5.30. The molecule has 0 spiro atoms. The van der Waals surface area contributed by atoms with E-state index in [0.29, 0.717) is 23.9 Å². The number of fused-ring (bicyclic) bond motifs is 1. The molecular formula is C21H24ClN3O3. The van der Waals surface area contributed by atoms with Gasteiger partial charge in [0.05, 0.1) is 5.02 Å². The van der Waals surface area contributed by atoms with Crippen molar-refractivity contribution in [2.75, 3.05) is 37.7 Å². The number of carbonyl (C=O) groups excluding carboxylic acids is 1. The lowest BCUT2D eigenvalue weighted by atomic mass is 10.0. The minimum absolute atomic E-state index is 0.0133. The van der Waals surface area contributed by atoms with Gasteiger partial charge < -0.3 is 19.3 Å². The molecule has 148 valence electrons. The normalized spacial score (nSPS) is 17.8. The summed E-state index contributed by atoms with van der Waals surface area (Å²) in [6.07, 6.45) is 2.48. The van der Waals surface area contributed by atoms with E-state index in [2.05, 4.69) is 23.7 Å². The van der Waals surface area contributed by atoms with Crippen molar-refractivity contribution in [2.24, 2.45) is 0 Å².